The number of benzene rings is 1. The van der Waals surface area contributed by atoms with Crippen LogP contribution in [-0.2, 0) is 6.54 Å². The van der Waals surface area contributed by atoms with E-state index in [-0.39, 0.29) is 23.1 Å². The van der Waals surface area contributed by atoms with Gasteiger partial charge >= 0.3 is 5.97 Å². The molecule has 0 aliphatic rings. The lowest BCUT2D eigenvalue weighted by Crippen LogP contribution is -2.28. The number of halogens is 2. The van der Waals surface area contributed by atoms with Gasteiger partial charge in [0.1, 0.15) is 17.1 Å². The maximum atomic E-state index is 15.4. The van der Waals surface area contributed by atoms with Crippen molar-refractivity contribution in [1.29, 1.82) is 0 Å². The van der Waals surface area contributed by atoms with Crippen LogP contribution in [0, 0.1) is 11.6 Å². The van der Waals surface area contributed by atoms with E-state index in [2.05, 4.69) is 0 Å². The molecule has 0 amide bonds. The first-order valence-corrected chi connectivity index (χ1v) is 9.40. The molecule has 1 N–H and O–H groups in total. The summed E-state index contributed by atoms with van der Waals surface area (Å²) in [5.41, 5.74) is -1.57. The molecule has 148 valence electrons. The Labute approximate surface area is 157 Å². The van der Waals surface area contributed by atoms with E-state index in [0.717, 1.165) is 37.9 Å². The lowest BCUT2D eigenvalue weighted by atomic mass is 10.1. The third kappa shape index (κ3) is 4.12. The molecular formula is C20H26F2N2O3. The van der Waals surface area contributed by atoms with Gasteiger partial charge in [-0.05, 0) is 25.8 Å². The molecule has 1 aromatic carbocycles. The van der Waals surface area contributed by atoms with Crippen molar-refractivity contribution < 1.29 is 18.7 Å². The summed E-state index contributed by atoms with van der Waals surface area (Å²) in [6.45, 7) is 7.01. The number of aromatic nitrogens is 1. The van der Waals surface area contributed by atoms with Crippen LogP contribution in [0.4, 0.5) is 14.5 Å². The Hall–Kier alpha value is -2.44. The second kappa shape index (κ2) is 8.97. The Morgan fingerprint density at radius 1 is 1.15 bits per heavy atom. The molecule has 0 spiro atoms. The molecule has 0 atom stereocenters. The summed E-state index contributed by atoms with van der Waals surface area (Å²) in [6.07, 6.45) is 4.49. The van der Waals surface area contributed by atoms with Crippen molar-refractivity contribution in [2.24, 2.45) is 0 Å². The Morgan fingerprint density at radius 2 is 1.74 bits per heavy atom. The van der Waals surface area contributed by atoms with Gasteiger partial charge in [-0.3, -0.25) is 4.79 Å². The zero-order valence-electron chi connectivity index (χ0n) is 16.0. The van der Waals surface area contributed by atoms with E-state index < -0.39 is 28.6 Å². The van der Waals surface area contributed by atoms with E-state index in [4.69, 9.17) is 0 Å². The van der Waals surface area contributed by atoms with Gasteiger partial charge in [-0.2, -0.15) is 0 Å². The lowest BCUT2D eigenvalue weighted by molar-refractivity contribution is 0.0695. The number of pyridine rings is 1. The predicted molar refractivity (Wildman–Crippen MR) is 103 cm³/mol. The number of carboxylic acids is 1. The minimum atomic E-state index is -1.42. The monoisotopic (exact) mass is 380 g/mol. The number of hydrogen-bond donors (Lipinski definition) is 1. The van der Waals surface area contributed by atoms with Crippen molar-refractivity contribution in [3.63, 3.8) is 0 Å². The zero-order valence-corrected chi connectivity index (χ0v) is 16.0. The largest absolute Gasteiger partial charge is 0.477 e. The molecule has 0 unspecified atom stereocenters. The highest BCUT2D eigenvalue weighted by Gasteiger charge is 2.24. The summed E-state index contributed by atoms with van der Waals surface area (Å²) in [6, 6.07) is 0.972. The molecule has 2 rings (SSSR count). The van der Waals surface area contributed by atoms with Crippen molar-refractivity contribution in [1.82, 2.24) is 4.57 Å². The second-order valence-electron chi connectivity index (χ2n) is 6.57. The van der Waals surface area contributed by atoms with E-state index in [1.807, 2.05) is 13.8 Å². The molecule has 0 saturated carbocycles. The van der Waals surface area contributed by atoms with E-state index >= 15 is 4.39 Å². The van der Waals surface area contributed by atoms with Gasteiger partial charge in [-0.1, -0.05) is 26.7 Å². The number of aryl methyl sites for hydroxylation is 1. The molecule has 2 aromatic rings. The summed E-state index contributed by atoms with van der Waals surface area (Å²) in [7, 11) is 0. The third-order valence-corrected chi connectivity index (χ3v) is 4.68. The average molecular weight is 380 g/mol. The minimum absolute atomic E-state index is 0.0538. The van der Waals surface area contributed by atoms with Crippen molar-refractivity contribution in [3.8, 4) is 0 Å². The summed E-state index contributed by atoms with van der Waals surface area (Å²) < 4.78 is 31.6. The van der Waals surface area contributed by atoms with Crippen LogP contribution in [0.25, 0.3) is 10.9 Å². The summed E-state index contributed by atoms with van der Waals surface area (Å²) in [4.78, 5) is 25.4. The number of aromatic carboxylic acids is 1. The molecule has 0 saturated heterocycles. The quantitative estimate of drug-likeness (QED) is 0.700. The molecule has 7 heteroatoms. The van der Waals surface area contributed by atoms with Crippen molar-refractivity contribution >= 4 is 22.6 Å². The highest BCUT2D eigenvalue weighted by molar-refractivity contribution is 5.93. The van der Waals surface area contributed by atoms with Crippen LogP contribution in [0.3, 0.4) is 0 Å². The standard InChI is InChI=1S/C20H26F2N2O3/c1-4-7-9-24(10-8-5-2)18-15(21)11-13-17(16(18)22)23(6-3)12-14(19(13)25)20(26)27/h11-12H,4-10H2,1-3H3,(H,26,27). The molecule has 0 bridgehead atoms. The fraction of sp³-hybridized carbons (Fsp3) is 0.500. The number of unbranched alkanes of at least 4 members (excludes halogenated alkanes) is 2. The topological polar surface area (TPSA) is 62.5 Å². The SMILES string of the molecule is CCCCN(CCCC)c1c(F)cc2c(=O)c(C(=O)O)cn(CC)c2c1F. The normalized spacial score (nSPS) is 11.1. The number of rotatable bonds is 9. The molecule has 1 aromatic heterocycles. The first-order chi connectivity index (χ1) is 12.9. The second-order valence-corrected chi connectivity index (χ2v) is 6.57. The van der Waals surface area contributed by atoms with Gasteiger partial charge in [0.2, 0.25) is 5.43 Å². The summed E-state index contributed by atoms with van der Waals surface area (Å²) in [5.74, 6) is -3.07. The first kappa shape index (κ1) is 20.9. The number of nitrogens with zero attached hydrogens (tertiary/aromatic N) is 2. The van der Waals surface area contributed by atoms with Gasteiger partial charge in [0, 0.05) is 25.8 Å². The van der Waals surface area contributed by atoms with Crippen LogP contribution in [-0.4, -0.2) is 28.7 Å². The Balaban J connectivity index is 2.77. The maximum Gasteiger partial charge on any atom is 0.341 e. The highest BCUT2D eigenvalue weighted by Crippen LogP contribution is 2.30. The van der Waals surface area contributed by atoms with Crippen molar-refractivity contribution in [2.75, 3.05) is 18.0 Å². The summed E-state index contributed by atoms with van der Waals surface area (Å²) >= 11 is 0. The van der Waals surface area contributed by atoms with Crippen LogP contribution >= 0.6 is 0 Å². The van der Waals surface area contributed by atoms with Gasteiger partial charge in [-0.25, -0.2) is 13.6 Å². The molecule has 1 heterocycles. The van der Waals surface area contributed by atoms with E-state index in [1.165, 1.54) is 4.57 Å². The van der Waals surface area contributed by atoms with Crippen LogP contribution < -0.4 is 10.3 Å². The predicted octanol–water partition coefficient (Wildman–Crippen LogP) is 4.40. The number of anilines is 1. The molecule has 0 fully saturated rings. The van der Waals surface area contributed by atoms with E-state index in [9.17, 15) is 19.1 Å². The van der Waals surface area contributed by atoms with E-state index in [0.29, 0.717) is 13.1 Å². The first-order valence-electron chi connectivity index (χ1n) is 9.40. The van der Waals surface area contributed by atoms with Gasteiger partial charge in [0.25, 0.3) is 0 Å². The third-order valence-electron chi connectivity index (χ3n) is 4.68. The molecular weight excluding hydrogens is 354 g/mol. The number of fused-ring (bicyclic) bond motifs is 1. The van der Waals surface area contributed by atoms with Crippen LogP contribution in [0.2, 0.25) is 0 Å². The van der Waals surface area contributed by atoms with E-state index in [1.54, 1.807) is 11.8 Å². The van der Waals surface area contributed by atoms with Crippen molar-refractivity contribution in [3.05, 3.63) is 39.7 Å². The Bertz CT molecular complexity index is 885. The van der Waals surface area contributed by atoms with Gasteiger partial charge in [-0.15, -0.1) is 0 Å². The van der Waals surface area contributed by atoms with Gasteiger partial charge < -0.3 is 14.6 Å². The molecule has 0 radical (unpaired) electrons. The van der Waals surface area contributed by atoms with Gasteiger partial charge in [0.05, 0.1) is 10.9 Å². The molecule has 0 aliphatic heterocycles. The van der Waals surface area contributed by atoms with Crippen molar-refractivity contribution in [2.45, 2.75) is 53.0 Å². The fourth-order valence-electron chi connectivity index (χ4n) is 3.20. The Kier molecular flexibility index (Phi) is 6.93. The highest BCUT2D eigenvalue weighted by atomic mass is 19.1. The Morgan fingerprint density at radius 3 is 2.22 bits per heavy atom. The average Bonchev–Trinajstić information content (AvgIpc) is 2.63. The summed E-state index contributed by atoms with van der Waals surface area (Å²) in [5, 5.41) is 8.96. The number of carboxylic acid groups (broad SMARTS) is 1. The minimum Gasteiger partial charge on any atom is -0.477 e. The lowest BCUT2D eigenvalue weighted by Gasteiger charge is -2.26. The fourth-order valence-corrected chi connectivity index (χ4v) is 3.20. The molecule has 27 heavy (non-hydrogen) atoms. The van der Waals surface area contributed by atoms with Gasteiger partial charge in [0.15, 0.2) is 5.82 Å². The number of hydrogen-bond acceptors (Lipinski definition) is 3. The zero-order chi connectivity index (χ0) is 20.1. The number of carbonyl (C=O) groups is 1. The van der Waals surface area contributed by atoms with Crippen LogP contribution in [0.5, 0.6) is 0 Å². The van der Waals surface area contributed by atoms with Crippen LogP contribution in [0.1, 0.15) is 56.8 Å². The molecule has 5 nitrogen and oxygen atoms in total. The maximum absolute atomic E-state index is 15.4. The smallest absolute Gasteiger partial charge is 0.341 e. The van der Waals surface area contributed by atoms with Crippen LogP contribution in [0.15, 0.2) is 17.1 Å². The molecule has 0 aliphatic carbocycles.